The van der Waals surface area contributed by atoms with Crippen molar-refractivity contribution in [3.05, 3.63) is 34.9 Å². The number of hydrogen-bond acceptors (Lipinski definition) is 3. The zero-order chi connectivity index (χ0) is 18.6. The number of amides is 2. The monoisotopic (exact) mass is 346 g/mol. The number of nitrogens with zero attached hydrogens (tertiary/aromatic N) is 1. The topological polar surface area (TPSA) is 58.6 Å². The van der Waals surface area contributed by atoms with Crippen LogP contribution in [-0.4, -0.2) is 41.6 Å². The molecule has 0 saturated carbocycles. The number of ether oxygens (including phenoxy) is 1. The molecule has 1 aliphatic rings. The number of aryl methyl sites for hydroxylation is 2. The molecule has 5 nitrogen and oxygen atoms in total. The van der Waals surface area contributed by atoms with E-state index in [-0.39, 0.29) is 18.0 Å². The number of carbonyl (C=O) groups is 2. The van der Waals surface area contributed by atoms with Gasteiger partial charge in [-0.3, -0.25) is 4.79 Å². The lowest BCUT2D eigenvalue weighted by molar-refractivity contribution is 0.00986. The van der Waals surface area contributed by atoms with Crippen molar-refractivity contribution in [1.29, 1.82) is 0 Å². The van der Waals surface area contributed by atoms with Crippen LogP contribution in [0.4, 0.5) is 4.79 Å². The van der Waals surface area contributed by atoms with Crippen LogP contribution in [0.25, 0.3) is 0 Å². The van der Waals surface area contributed by atoms with Crippen LogP contribution in [-0.2, 0) is 4.74 Å². The van der Waals surface area contributed by atoms with Gasteiger partial charge in [-0.05, 0) is 65.0 Å². The number of rotatable bonds is 3. The first kappa shape index (κ1) is 19.3. The van der Waals surface area contributed by atoms with Gasteiger partial charge in [-0.2, -0.15) is 0 Å². The molecular weight excluding hydrogens is 316 g/mol. The zero-order valence-corrected chi connectivity index (χ0v) is 16.0. The molecule has 0 aliphatic carbocycles. The third kappa shape index (κ3) is 5.21. The highest BCUT2D eigenvalue weighted by atomic mass is 16.6. The molecule has 0 spiro atoms. The van der Waals surface area contributed by atoms with E-state index in [1.807, 2.05) is 52.8 Å². The molecule has 2 amide bonds. The Bertz CT molecular complexity index is 614. The van der Waals surface area contributed by atoms with Gasteiger partial charge >= 0.3 is 6.09 Å². The second-order valence-electron chi connectivity index (χ2n) is 7.80. The third-order valence-electron chi connectivity index (χ3n) is 4.46. The molecule has 1 aliphatic heterocycles. The Balaban J connectivity index is 2.02. The van der Waals surface area contributed by atoms with Gasteiger partial charge in [0.05, 0.1) is 6.04 Å². The minimum atomic E-state index is -0.513. The van der Waals surface area contributed by atoms with E-state index < -0.39 is 5.60 Å². The summed E-state index contributed by atoms with van der Waals surface area (Å²) in [5.41, 5.74) is 2.14. The number of likely N-dealkylation sites (tertiary alicyclic amines) is 1. The van der Waals surface area contributed by atoms with Crippen molar-refractivity contribution >= 4 is 12.0 Å². The summed E-state index contributed by atoms with van der Waals surface area (Å²) in [7, 11) is 0. The van der Waals surface area contributed by atoms with Gasteiger partial charge in [0.1, 0.15) is 5.60 Å². The summed E-state index contributed by atoms with van der Waals surface area (Å²) < 4.78 is 5.51. The maximum absolute atomic E-state index is 12.6. The molecule has 1 atom stereocenters. The van der Waals surface area contributed by atoms with E-state index in [1.165, 1.54) is 0 Å². The molecule has 0 bridgehead atoms. The fourth-order valence-electron chi connectivity index (χ4n) is 3.25. The van der Waals surface area contributed by atoms with Crippen LogP contribution in [0.2, 0.25) is 0 Å². The van der Waals surface area contributed by atoms with Gasteiger partial charge in [0.25, 0.3) is 5.91 Å². The molecule has 1 aromatic carbocycles. The van der Waals surface area contributed by atoms with E-state index in [0.29, 0.717) is 13.1 Å². The summed E-state index contributed by atoms with van der Waals surface area (Å²) in [6, 6.07) is 5.81. The smallest absolute Gasteiger partial charge is 0.410 e. The molecule has 0 aromatic heterocycles. The summed E-state index contributed by atoms with van der Waals surface area (Å²) in [5.74, 6) is -0.0784. The lowest BCUT2D eigenvalue weighted by Gasteiger charge is -2.36. The maximum atomic E-state index is 12.6. The van der Waals surface area contributed by atoms with Crippen LogP contribution in [0, 0.1) is 13.8 Å². The average Bonchev–Trinajstić information content (AvgIpc) is 2.51. The van der Waals surface area contributed by atoms with Crippen molar-refractivity contribution in [2.45, 2.75) is 65.5 Å². The lowest BCUT2D eigenvalue weighted by Crippen LogP contribution is -2.50. The Hall–Kier alpha value is -2.04. The van der Waals surface area contributed by atoms with Gasteiger partial charge in [-0.1, -0.05) is 18.2 Å². The SMILES string of the molecule is Cc1cccc(C)c1C(=O)NCC1CCCCN1C(=O)OC(C)(C)C. The first-order chi connectivity index (χ1) is 11.7. The van der Waals surface area contributed by atoms with Crippen molar-refractivity contribution in [3.63, 3.8) is 0 Å². The Morgan fingerprint density at radius 2 is 1.84 bits per heavy atom. The Kier molecular flexibility index (Phi) is 6.09. The second kappa shape index (κ2) is 7.89. The van der Waals surface area contributed by atoms with Crippen LogP contribution < -0.4 is 5.32 Å². The van der Waals surface area contributed by atoms with E-state index in [4.69, 9.17) is 4.74 Å². The van der Waals surface area contributed by atoms with Gasteiger partial charge < -0.3 is 15.0 Å². The summed E-state index contributed by atoms with van der Waals surface area (Å²) in [6.45, 7) is 10.6. The molecule has 2 rings (SSSR count). The van der Waals surface area contributed by atoms with Gasteiger partial charge in [-0.25, -0.2) is 4.79 Å². The summed E-state index contributed by atoms with van der Waals surface area (Å²) >= 11 is 0. The van der Waals surface area contributed by atoms with Crippen molar-refractivity contribution in [2.24, 2.45) is 0 Å². The van der Waals surface area contributed by atoms with Crippen LogP contribution in [0.1, 0.15) is 61.5 Å². The molecule has 25 heavy (non-hydrogen) atoms. The first-order valence-electron chi connectivity index (χ1n) is 9.03. The number of hydrogen-bond donors (Lipinski definition) is 1. The molecule has 1 unspecified atom stereocenters. The highest BCUT2D eigenvalue weighted by Gasteiger charge is 2.30. The summed E-state index contributed by atoms with van der Waals surface area (Å²) in [4.78, 5) is 26.8. The summed E-state index contributed by atoms with van der Waals surface area (Å²) in [5, 5.41) is 3.01. The fraction of sp³-hybridized carbons (Fsp3) is 0.600. The van der Waals surface area contributed by atoms with E-state index in [2.05, 4.69) is 5.32 Å². The van der Waals surface area contributed by atoms with Gasteiger partial charge in [0, 0.05) is 18.7 Å². The van der Waals surface area contributed by atoms with Crippen LogP contribution >= 0.6 is 0 Å². The van der Waals surface area contributed by atoms with Crippen molar-refractivity contribution in [3.8, 4) is 0 Å². The van der Waals surface area contributed by atoms with Gasteiger partial charge in [-0.15, -0.1) is 0 Å². The number of piperidine rings is 1. The van der Waals surface area contributed by atoms with Crippen molar-refractivity contribution in [2.75, 3.05) is 13.1 Å². The Labute approximate surface area is 150 Å². The molecule has 1 N–H and O–H groups in total. The predicted octanol–water partition coefficient (Wildman–Crippen LogP) is 3.82. The fourth-order valence-corrected chi connectivity index (χ4v) is 3.25. The minimum absolute atomic E-state index is 0.0168. The molecule has 1 saturated heterocycles. The van der Waals surface area contributed by atoms with Gasteiger partial charge in [0.15, 0.2) is 0 Å². The maximum Gasteiger partial charge on any atom is 0.410 e. The minimum Gasteiger partial charge on any atom is -0.444 e. The van der Waals surface area contributed by atoms with Gasteiger partial charge in [0.2, 0.25) is 0 Å². The normalized spacial score (nSPS) is 18.0. The molecule has 0 radical (unpaired) electrons. The van der Waals surface area contributed by atoms with E-state index in [9.17, 15) is 9.59 Å². The summed E-state index contributed by atoms with van der Waals surface area (Å²) in [6.07, 6.45) is 2.62. The molecule has 138 valence electrons. The lowest BCUT2D eigenvalue weighted by atomic mass is 10.0. The number of carbonyl (C=O) groups excluding carboxylic acids is 2. The molecule has 1 fully saturated rings. The highest BCUT2D eigenvalue weighted by molar-refractivity contribution is 5.97. The predicted molar refractivity (Wildman–Crippen MR) is 98.8 cm³/mol. The second-order valence-corrected chi connectivity index (χ2v) is 7.80. The largest absolute Gasteiger partial charge is 0.444 e. The zero-order valence-electron chi connectivity index (χ0n) is 16.0. The van der Waals surface area contributed by atoms with Crippen LogP contribution in [0.5, 0.6) is 0 Å². The molecule has 1 aromatic rings. The molecular formula is C20H30N2O3. The standard InChI is InChI=1S/C20H30N2O3/c1-14-9-8-10-15(2)17(14)18(23)21-13-16-11-6-7-12-22(16)19(24)25-20(3,4)5/h8-10,16H,6-7,11-13H2,1-5H3,(H,21,23). The third-order valence-corrected chi connectivity index (χ3v) is 4.46. The first-order valence-corrected chi connectivity index (χ1v) is 9.03. The van der Waals surface area contributed by atoms with Crippen LogP contribution in [0.3, 0.4) is 0 Å². The van der Waals surface area contributed by atoms with E-state index >= 15 is 0 Å². The quantitative estimate of drug-likeness (QED) is 0.905. The molecule has 1 heterocycles. The van der Waals surface area contributed by atoms with Crippen molar-refractivity contribution in [1.82, 2.24) is 10.2 Å². The van der Waals surface area contributed by atoms with Crippen molar-refractivity contribution < 1.29 is 14.3 Å². The number of benzene rings is 1. The highest BCUT2D eigenvalue weighted by Crippen LogP contribution is 2.20. The van der Waals surface area contributed by atoms with Crippen LogP contribution in [0.15, 0.2) is 18.2 Å². The number of nitrogens with one attached hydrogen (secondary N) is 1. The Morgan fingerprint density at radius 3 is 2.44 bits per heavy atom. The van der Waals surface area contributed by atoms with E-state index in [1.54, 1.807) is 4.90 Å². The Morgan fingerprint density at radius 1 is 1.20 bits per heavy atom. The van der Waals surface area contributed by atoms with E-state index in [0.717, 1.165) is 36.0 Å². The molecule has 5 heteroatoms. The average molecular weight is 346 g/mol.